The van der Waals surface area contributed by atoms with Gasteiger partial charge < -0.3 is 10.2 Å². The third kappa shape index (κ3) is 2.44. The van der Waals surface area contributed by atoms with Crippen molar-refractivity contribution in [1.29, 1.82) is 0 Å². The Morgan fingerprint density at radius 1 is 1.00 bits per heavy atom. The van der Waals surface area contributed by atoms with Crippen molar-refractivity contribution in [2.75, 3.05) is 6.61 Å². The molecule has 118 valence electrons. The molecular formula is C18H28O3. The van der Waals surface area contributed by atoms with Crippen molar-refractivity contribution in [1.82, 2.24) is 0 Å². The van der Waals surface area contributed by atoms with E-state index in [0.29, 0.717) is 23.0 Å². The van der Waals surface area contributed by atoms with Crippen LogP contribution in [0, 0.1) is 21.7 Å². The molecule has 4 bridgehead atoms. The van der Waals surface area contributed by atoms with Crippen LogP contribution in [-0.4, -0.2) is 22.8 Å². The van der Waals surface area contributed by atoms with Crippen molar-refractivity contribution in [3.63, 3.8) is 0 Å². The molecule has 0 aromatic heterocycles. The fraction of sp³-hybridized carbons (Fsp3) is 0.833. The fourth-order valence-corrected chi connectivity index (χ4v) is 7.04. The Bertz CT molecular complexity index is 487. The van der Waals surface area contributed by atoms with Crippen molar-refractivity contribution in [2.45, 2.75) is 65.7 Å². The van der Waals surface area contributed by atoms with E-state index in [1.54, 1.807) is 6.92 Å². The van der Waals surface area contributed by atoms with E-state index in [2.05, 4.69) is 13.8 Å². The number of aliphatic hydroxyl groups is 1. The first-order valence-electron chi connectivity index (χ1n) is 8.14. The average Bonchev–Trinajstić information content (AvgIpc) is 2.31. The number of aliphatic carboxylic acids is 1. The standard InChI is InChI=1S/C18H28O3/c1-13(14(20)21)4-5-17-7-15(2)6-16(3,8-17)10-18(9-15,11-17)12-19/h4,19H,5-12H2,1-3H3,(H,20,21). The van der Waals surface area contributed by atoms with E-state index in [-0.39, 0.29) is 10.8 Å². The van der Waals surface area contributed by atoms with E-state index >= 15 is 0 Å². The summed E-state index contributed by atoms with van der Waals surface area (Å²) in [6, 6.07) is 0. The predicted octanol–water partition coefficient (Wildman–Crippen LogP) is 3.77. The number of aliphatic hydroxyl groups excluding tert-OH is 1. The number of allylic oxidation sites excluding steroid dienone is 1. The summed E-state index contributed by atoms with van der Waals surface area (Å²) in [7, 11) is 0. The SMILES string of the molecule is CC(=CCC12CC3(C)CC(C)(CC(CO)(C3)C1)C2)C(=O)O. The zero-order chi connectivity index (χ0) is 15.5. The number of hydrogen-bond acceptors (Lipinski definition) is 2. The quantitative estimate of drug-likeness (QED) is 0.776. The summed E-state index contributed by atoms with van der Waals surface area (Å²) in [5.74, 6) is -0.811. The van der Waals surface area contributed by atoms with Gasteiger partial charge >= 0.3 is 5.97 Å². The Labute approximate surface area is 127 Å². The normalized spacial score (nSPS) is 48.7. The van der Waals surface area contributed by atoms with Gasteiger partial charge in [-0.25, -0.2) is 4.79 Å². The molecule has 0 heterocycles. The molecular weight excluding hydrogens is 264 g/mol. The van der Waals surface area contributed by atoms with E-state index < -0.39 is 5.97 Å². The second kappa shape index (κ2) is 4.34. The molecule has 0 saturated heterocycles. The highest BCUT2D eigenvalue weighted by Gasteiger charge is 2.64. The molecule has 4 rings (SSSR count). The summed E-state index contributed by atoms with van der Waals surface area (Å²) >= 11 is 0. The van der Waals surface area contributed by atoms with Gasteiger partial charge in [-0.2, -0.15) is 0 Å². The molecule has 0 spiro atoms. The van der Waals surface area contributed by atoms with Crippen LogP contribution in [0.1, 0.15) is 65.7 Å². The van der Waals surface area contributed by atoms with Crippen molar-refractivity contribution in [2.24, 2.45) is 21.7 Å². The van der Waals surface area contributed by atoms with E-state index in [4.69, 9.17) is 5.11 Å². The molecule has 2 unspecified atom stereocenters. The molecule has 0 aliphatic heterocycles. The van der Waals surface area contributed by atoms with Crippen LogP contribution in [0.4, 0.5) is 0 Å². The summed E-state index contributed by atoms with van der Waals surface area (Å²) < 4.78 is 0. The highest BCUT2D eigenvalue weighted by Crippen LogP contribution is 2.74. The summed E-state index contributed by atoms with van der Waals surface area (Å²) in [6.45, 7) is 6.75. The average molecular weight is 292 g/mol. The largest absolute Gasteiger partial charge is 0.478 e. The second-order valence-electron chi connectivity index (χ2n) is 9.24. The molecule has 2 atom stereocenters. The third-order valence-corrected chi connectivity index (χ3v) is 6.32. The fourth-order valence-electron chi connectivity index (χ4n) is 7.04. The molecule has 0 aromatic carbocycles. The Kier molecular flexibility index (Phi) is 3.12. The first-order valence-corrected chi connectivity index (χ1v) is 8.14. The van der Waals surface area contributed by atoms with Gasteiger partial charge in [0.15, 0.2) is 0 Å². The lowest BCUT2D eigenvalue weighted by atomic mass is 9.36. The van der Waals surface area contributed by atoms with Crippen LogP contribution < -0.4 is 0 Å². The zero-order valence-electron chi connectivity index (χ0n) is 13.5. The smallest absolute Gasteiger partial charge is 0.330 e. The number of carboxylic acids is 1. The summed E-state index contributed by atoms with van der Waals surface area (Å²) in [5.41, 5.74) is 1.41. The van der Waals surface area contributed by atoms with Gasteiger partial charge in [-0.3, -0.25) is 0 Å². The lowest BCUT2D eigenvalue weighted by Gasteiger charge is -2.69. The lowest BCUT2D eigenvalue weighted by molar-refractivity contribution is -0.200. The first kappa shape index (κ1) is 15.1. The van der Waals surface area contributed by atoms with Gasteiger partial charge in [0, 0.05) is 12.2 Å². The zero-order valence-corrected chi connectivity index (χ0v) is 13.5. The van der Waals surface area contributed by atoms with E-state index in [0.717, 1.165) is 25.7 Å². The second-order valence-corrected chi connectivity index (χ2v) is 9.24. The van der Waals surface area contributed by atoms with Gasteiger partial charge in [-0.15, -0.1) is 0 Å². The topological polar surface area (TPSA) is 57.5 Å². The number of carboxylic acid groups (broad SMARTS) is 1. The maximum absolute atomic E-state index is 11.1. The maximum atomic E-state index is 11.1. The van der Waals surface area contributed by atoms with Crippen LogP contribution in [0.15, 0.2) is 11.6 Å². The summed E-state index contributed by atoms with van der Waals surface area (Å²) in [6.07, 6.45) is 9.81. The Morgan fingerprint density at radius 3 is 2.00 bits per heavy atom. The van der Waals surface area contributed by atoms with E-state index in [1.165, 1.54) is 19.3 Å². The van der Waals surface area contributed by atoms with Gasteiger partial charge in [0.25, 0.3) is 0 Å². The van der Waals surface area contributed by atoms with Gasteiger partial charge in [0.2, 0.25) is 0 Å². The highest BCUT2D eigenvalue weighted by atomic mass is 16.4. The van der Waals surface area contributed by atoms with Gasteiger partial charge in [0.05, 0.1) is 0 Å². The van der Waals surface area contributed by atoms with Crippen molar-refractivity contribution >= 4 is 5.97 Å². The van der Waals surface area contributed by atoms with Gasteiger partial charge in [-0.05, 0) is 73.5 Å². The van der Waals surface area contributed by atoms with E-state index in [1.807, 2.05) is 6.08 Å². The Balaban J connectivity index is 1.93. The molecule has 3 heteroatoms. The summed E-state index contributed by atoms with van der Waals surface area (Å²) in [5, 5.41) is 19.1. The molecule has 4 saturated carbocycles. The summed E-state index contributed by atoms with van der Waals surface area (Å²) in [4.78, 5) is 11.1. The monoisotopic (exact) mass is 292 g/mol. The minimum absolute atomic E-state index is 0.0865. The van der Waals surface area contributed by atoms with Crippen LogP contribution in [0.3, 0.4) is 0 Å². The third-order valence-electron chi connectivity index (χ3n) is 6.32. The molecule has 2 N–H and O–H groups in total. The molecule has 4 fully saturated rings. The van der Waals surface area contributed by atoms with Crippen LogP contribution in [0.25, 0.3) is 0 Å². The molecule has 4 aliphatic rings. The first-order chi connectivity index (χ1) is 9.63. The highest BCUT2D eigenvalue weighted by molar-refractivity contribution is 5.85. The van der Waals surface area contributed by atoms with Gasteiger partial charge in [-0.1, -0.05) is 19.9 Å². The maximum Gasteiger partial charge on any atom is 0.330 e. The van der Waals surface area contributed by atoms with Crippen LogP contribution >= 0.6 is 0 Å². The molecule has 0 aromatic rings. The minimum atomic E-state index is -0.811. The number of hydrogen-bond donors (Lipinski definition) is 2. The molecule has 21 heavy (non-hydrogen) atoms. The molecule has 3 nitrogen and oxygen atoms in total. The minimum Gasteiger partial charge on any atom is -0.478 e. The molecule has 4 aliphatic carbocycles. The number of rotatable bonds is 4. The molecule has 0 radical (unpaired) electrons. The van der Waals surface area contributed by atoms with Crippen LogP contribution in [-0.2, 0) is 4.79 Å². The van der Waals surface area contributed by atoms with E-state index in [9.17, 15) is 9.90 Å². The van der Waals surface area contributed by atoms with Crippen molar-refractivity contribution < 1.29 is 15.0 Å². The van der Waals surface area contributed by atoms with Crippen molar-refractivity contribution in [3.05, 3.63) is 11.6 Å². The predicted molar refractivity (Wildman–Crippen MR) is 81.9 cm³/mol. The lowest BCUT2D eigenvalue weighted by Crippen LogP contribution is -2.60. The van der Waals surface area contributed by atoms with Crippen LogP contribution in [0.5, 0.6) is 0 Å². The molecule has 0 amide bonds. The van der Waals surface area contributed by atoms with Gasteiger partial charge in [0.1, 0.15) is 0 Å². The van der Waals surface area contributed by atoms with Crippen LogP contribution in [0.2, 0.25) is 0 Å². The number of carbonyl (C=O) groups is 1. The van der Waals surface area contributed by atoms with Crippen molar-refractivity contribution in [3.8, 4) is 0 Å². The Hall–Kier alpha value is -0.830. The Morgan fingerprint density at radius 2 is 1.52 bits per heavy atom.